The molecule has 3 nitrogen and oxygen atoms in total. The van der Waals surface area contributed by atoms with Crippen LogP contribution in [0, 0.1) is 12.7 Å². The molecular weight excluding hydrogens is 269 g/mol. The Morgan fingerprint density at radius 1 is 1.10 bits per heavy atom. The number of methoxy groups -OCH3 is 1. The average molecular weight is 287 g/mol. The lowest BCUT2D eigenvalue weighted by molar-refractivity contribution is -0.145. The third-order valence-electron chi connectivity index (χ3n) is 3.46. The van der Waals surface area contributed by atoms with Gasteiger partial charge in [-0.1, -0.05) is 29.8 Å². The van der Waals surface area contributed by atoms with Crippen LogP contribution in [0.2, 0.25) is 0 Å². The van der Waals surface area contributed by atoms with E-state index in [4.69, 9.17) is 4.74 Å². The van der Waals surface area contributed by atoms with E-state index >= 15 is 0 Å². The summed E-state index contributed by atoms with van der Waals surface area (Å²) in [6.07, 6.45) is 0. The van der Waals surface area contributed by atoms with Crippen LogP contribution in [0.5, 0.6) is 0 Å². The van der Waals surface area contributed by atoms with Gasteiger partial charge in [-0.3, -0.25) is 0 Å². The average Bonchev–Trinajstić information content (AvgIpc) is 2.49. The van der Waals surface area contributed by atoms with Crippen LogP contribution >= 0.6 is 0 Å². The minimum absolute atomic E-state index is 0.346. The molecule has 21 heavy (non-hydrogen) atoms. The zero-order valence-corrected chi connectivity index (χ0v) is 12.3. The molecule has 0 spiro atoms. The third-order valence-corrected chi connectivity index (χ3v) is 3.46. The van der Waals surface area contributed by atoms with Crippen LogP contribution in [-0.4, -0.2) is 13.1 Å². The van der Waals surface area contributed by atoms with Gasteiger partial charge in [-0.2, -0.15) is 0 Å². The van der Waals surface area contributed by atoms with Gasteiger partial charge in [-0.15, -0.1) is 0 Å². The molecule has 0 aromatic heterocycles. The summed E-state index contributed by atoms with van der Waals surface area (Å²) in [5.41, 5.74) is 1.47. The van der Waals surface area contributed by atoms with Gasteiger partial charge in [0.2, 0.25) is 0 Å². The van der Waals surface area contributed by atoms with E-state index in [0.717, 1.165) is 11.3 Å². The van der Waals surface area contributed by atoms with Crippen LogP contribution in [0.1, 0.15) is 18.1 Å². The van der Waals surface area contributed by atoms with E-state index in [-0.39, 0.29) is 5.82 Å². The fourth-order valence-corrected chi connectivity index (χ4v) is 2.15. The first kappa shape index (κ1) is 15.0. The lowest BCUT2D eigenvalue weighted by atomic mass is 9.91. The van der Waals surface area contributed by atoms with Crippen molar-refractivity contribution in [2.24, 2.45) is 0 Å². The number of benzene rings is 2. The Morgan fingerprint density at radius 2 is 1.67 bits per heavy atom. The smallest absolute Gasteiger partial charge is 0.335 e. The molecule has 110 valence electrons. The highest BCUT2D eigenvalue weighted by Crippen LogP contribution is 2.28. The molecule has 0 amide bonds. The molecule has 0 heterocycles. The monoisotopic (exact) mass is 287 g/mol. The molecule has 0 aliphatic heterocycles. The van der Waals surface area contributed by atoms with Crippen LogP contribution in [0.25, 0.3) is 0 Å². The SMILES string of the molecule is COC(=O)C(C)(Nc1ccc(C)cc1)c1ccc(F)cc1. The lowest BCUT2D eigenvalue weighted by Crippen LogP contribution is -2.41. The molecule has 0 radical (unpaired) electrons. The number of carbonyl (C=O) groups is 1. The van der Waals surface area contributed by atoms with Gasteiger partial charge in [-0.05, 0) is 43.7 Å². The Morgan fingerprint density at radius 3 is 2.19 bits per heavy atom. The summed E-state index contributed by atoms with van der Waals surface area (Å²) in [7, 11) is 1.33. The Balaban J connectivity index is 2.39. The number of nitrogens with one attached hydrogen (secondary N) is 1. The Kier molecular flexibility index (Phi) is 4.26. The van der Waals surface area contributed by atoms with Crippen molar-refractivity contribution >= 4 is 11.7 Å². The third kappa shape index (κ3) is 3.21. The minimum atomic E-state index is -1.09. The van der Waals surface area contributed by atoms with Crippen molar-refractivity contribution in [2.45, 2.75) is 19.4 Å². The largest absolute Gasteiger partial charge is 0.467 e. The molecule has 1 atom stereocenters. The molecule has 2 aromatic carbocycles. The number of carbonyl (C=O) groups excluding carboxylic acids is 1. The second kappa shape index (κ2) is 5.95. The van der Waals surface area contributed by atoms with Gasteiger partial charge < -0.3 is 10.1 Å². The number of ether oxygens (including phenoxy) is 1. The molecule has 4 heteroatoms. The van der Waals surface area contributed by atoms with Gasteiger partial charge in [-0.25, -0.2) is 9.18 Å². The van der Waals surface area contributed by atoms with Gasteiger partial charge in [0.25, 0.3) is 0 Å². The predicted molar refractivity (Wildman–Crippen MR) is 80.6 cm³/mol. The molecule has 2 aromatic rings. The van der Waals surface area contributed by atoms with Gasteiger partial charge >= 0.3 is 5.97 Å². The second-order valence-corrected chi connectivity index (χ2v) is 5.11. The summed E-state index contributed by atoms with van der Waals surface area (Å²) in [5, 5.41) is 3.17. The minimum Gasteiger partial charge on any atom is -0.467 e. The maximum Gasteiger partial charge on any atom is 0.335 e. The molecule has 0 saturated heterocycles. The zero-order valence-electron chi connectivity index (χ0n) is 12.3. The number of anilines is 1. The molecule has 0 aliphatic carbocycles. The van der Waals surface area contributed by atoms with Crippen molar-refractivity contribution in [2.75, 3.05) is 12.4 Å². The zero-order chi connectivity index (χ0) is 15.5. The fraction of sp³-hybridized carbons (Fsp3) is 0.235. The van der Waals surface area contributed by atoms with Crippen molar-refractivity contribution in [1.29, 1.82) is 0 Å². The molecule has 0 bridgehead atoms. The maximum atomic E-state index is 13.1. The van der Waals surface area contributed by atoms with Gasteiger partial charge in [0, 0.05) is 5.69 Å². The van der Waals surface area contributed by atoms with E-state index < -0.39 is 11.5 Å². The number of halogens is 1. The lowest BCUT2D eigenvalue weighted by Gasteiger charge is -2.29. The van der Waals surface area contributed by atoms with Crippen LogP contribution in [-0.2, 0) is 15.1 Å². The molecule has 2 rings (SSSR count). The van der Waals surface area contributed by atoms with Crippen molar-refractivity contribution in [1.82, 2.24) is 0 Å². The normalized spacial score (nSPS) is 13.3. The quantitative estimate of drug-likeness (QED) is 0.873. The predicted octanol–water partition coefficient (Wildman–Crippen LogP) is 3.63. The van der Waals surface area contributed by atoms with Crippen LogP contribution in [0.3, 0.4) is 0 Å². The Labute approximate surface area is 123 Å². The van der Waals surface area contributed by atoms with Crippen molar-refractivity contribution in [3.05, 3.63) is 65.5 Å². The Bertz CT molecular complexity index is 622. The van der Waals surface area contributed by atoms with Crippen molar-refractivity contribution in [3.8, 4) is 0 Å². The van der Waals surface area contributed by atoms with Crippen molar-refractivity contribution in [3.63, 3.8) is 0 Å². The van der Waals surface area contributed by atoms with E-state index in [0.29, 0.717) is 5.56 Å². The van der Waals surface area contributed by atoms with Crippen LogP contribution in [0.15, 0.2) is 48.5 Å². The standard InChI is InChI=1S/C17H18FNO2/c1-12-4-10-15(11-5-12)19-17(2,16(20)21-3)13-6-8-14(18)9-7-13/h4-11,19H,1-3H3. The highest BCUT2D eigenvalue weighted by molar-refractivity contribution is 5.85. The fourth-order valence-electron chi connectivity index (χ4n) is 2.15. The summed E-state index contributed by atoms with van der Waals surface area (Å²) < 4.78 is 18.0. The highest BCUT2D eigenvalue weighted by atomic mass is 19.1. The number of hydrogen-bond acceptors (Lipinski definition) is 3. The summed E-state index contributed by atoms with van der Waals surface area (Å²) in [5.74, 6) is -0.781. The van der Waals surface area contributed by atoms with E-state index in [1.807, 2.05) is 31.2 Å². The van der Waals surface area contributed by atoms with E-state index in [1.165, 1.54) is 19.2 Å². The van der Waals surface area contributed by atoms with E-state index in [2.05, 4.69) is 5.32 Å². The first-order chi connectivity index (χ1) is 9.95. The second-order valence-electron chi connectivity index (χ2n) is 5.11. The highest BCUT2D eigenvalue weighted by Gasteiger charge is 2.36. The summed E-state index contributed by atoms with van der Waals surface area (Å²) in [6.45, 7) is 3.70. The van der Waals surface area contributed by atoms with Crippen LogP contribution < -0.4 is 5.32 Å². The van der Waals surface area contributed by atoms with Gasteiger partial charge in [0.1, 0.15) is 5.82 Å². The summed E-state index contributed by atoms with van der Waals surface area (Å²) in [4.78, 5) is 12.2. The number of rotatable bonds is 4. The van der Waals surface area contributed by atoms with Gasteiger partial charge in [0.05, 0.1) is 7.11 Å². The van der Waals surface area contributed by atoms with Crippen molar-refractivity contribution < 1.29 is 13.9 Å². The molecule has 0 fully saturated rings. The summed E-state index contributed by atoms with van der Waals surface area (Å²) >= 11 is 0. The first-order valence-electron chi connectivity index (χ1n) is 6.65. The number of hydrogen-bond donors (Lipinski definition) is 1. The first-order valence-corrected chi connectivity index (χ1v) is 6.65. The molecule has 1 N–H and O–H groups in total. The molecule has 0 aliphatic rings. The topological polar surface area (TPSA) is 38.3 Å². The molecule has 0 saturated carbocycles. The molecular formula is C17H18FNO2. The van der Waals surface area contributed by atoms with Gasteiger partial charge in [0.15, 0.2) is 5.54 Å². The Hall–Kier alpha value is -2.36. The maximum absolute atomic E-state index is 13.1. The molecule has 1 unspecified atom stereocenters. The number of esters is 1. The van der Waals surface area contributed by atoms with E-state index in [1.54, 1.807) is 19.1 Å². The number of aryl methyl sites for hydroxylation is 1. The summed E-state index contributed by atoms with van der Waals surface area (Å²) in [6, 6.07) is 13.5. The van der Waals surface area contributed by atoms with Crippen LogP contribution in [0.4, 0.5) is 10.1 Å². The van der Waals surface area contributed by atoms with E-state index in [9.17, 15) is 9.18 Å².